The van der Waals surface area contributed by atoms with Gasteiger partial charge in [-0.3, -0.25) is 4.90 Å². The zero-order valence-electron chi connectivity index (χ0n) is 20.5. The molecule has 0 aromatic rings. The third-order valence-electron chi connectivity index (χ3n) is 5.59. The normalized spacial score (nSPS) is 19.2. The van der Waals surface area contributed by atoms with Crippen LogP contribution in [0, 0.1) is 5.92 Å². The monoisotopic (exact) mass is 478 g/mol. The molecule has 10 nitrogen and oxygen atoms in total. The highest BCUT2D eigenvalue weighted by molar-refractivity contribution is 4.67. The van der Waals surface area contributed by atoms with Gasteiger partial charge in [-0.15, -0.1) is 0 Å². The number of morpholine rings is 1. The second kappa shape index (κ2) is 20.9. The quantitative estimate of drug-likeness (QED) is 0.185. The van der Waals surface area contributed by atoms with Crippen LogP contribution in [0.25, 0.3) is 0 Å². The van der Waals surface area contributed by atoms with Crippen molar-refractivity contribution in [3.05, 3.63) is 0 Å². The average molecular weight is 479 g/mol. The third-order valence-corrected chi connectivity index (χ3v) is 5.59. The minimum atomic E-state index is -0.426. The first-order valence-electron chi connectivity index (χ1n) is 12.4. The highest BCUT2D eigenvalue weighted by Gasteiger charge is 2.14. The molecule has 2 aliphatic rings. The second-order valence-electron chi connectivity index (χ2n) is 8.19. The molecule has 2 fully saturated rings. The molecule has 196 valence electrons. The third kappa shape index (κ3) is 16.0. The van der Waals surface area contributed by atoms with E-state index in [1.165, 1.54) is 12.8 Å². The van der Waals surface area contributed by atoms with Gasteiger partial charge in [0.2, 0.25) is 0 Å². The van der Waals surface area contributed by atoms with Crippen molar-refractivity contribution in [2.24, 2.45) is 5.92 Å². The van der Waals surface area contributed by atoms with Crippen molar-refractivity contribution in [1.82, 2.24) is 10.2 Å². The van der Waals surface area contributed by atoms with Gasteiger partial charge in [0.15, 0.2) is 6.29 Å². The lowest BCUT2D eigenvalue weighted by atomic mass is 9.99. The summed E-state index contributed by atoms with van der Waals surface area (Å²) in [6.45, 7) is 12.6. The number of nitrogens with zero attached hydrogens (tertiary/aromatic N) is 1. The van der Waals surface area contributed by atoms with Crippen LogP contribution in [-0.2, 0) is 37.9 Å². The Labute approximate surface area is 199 Å². The van der Waals surface area contributed by atoms with Crippen LogP contribution < -0.4 is 5.32 Å². The van der Waals surface area contributed by atoms with Crippen molar-refractivity contribution >= 4 is 0 Å². The molecule has 1 N–H and O–H groups in total. The van der Waals surface area contributed by atoms with Gasteiger partial charge in [0.1, 0.15) is 0 Å². The molecule has 0 amide bonds. The Kier molecular flexibility index (Phi) is 18.3. The molecular weight excluding hydrogens is 432 g/mol. The van der Waals surface area contributed by atoms with Gasteiger partial charge in [0.05, 0.1) is 79.3 Å². The van der Waals surface area contributed by atoms with Crippen molar-refractivity contribution < 1.29 is 37.9 Å². The molecule has 2 rings (SSSR count). The minimum Gasteiger partial charge on any atom is -0.382 e. The van der Waals surface area contributed by atoms with E-state index in [-0.39, 0.29) is 0 Å². The van der Waals surface area contributed by atoms with Crippen LogP contribution >= 0.6 is 0 Å². The summed E-state index contributed by atoms with van der Waals surface area (Å²) in [7, 11) is 1.65. The Bertz CT molecular complexity index is 423. The standard InChI is InChI=1S/C23H46N2O8/c1-26-12-13-28-15-17-31-21-23(32-11-8-25-6-9-27-10-7-25)33-19-18-29-14-16-30-20-22-2-4-24-5-3-22/h22-24H,2-21H2,1H3. The molecule has 0 aromatic heterocycles. The highest BCUT2D eigenvalue weighted by atomic mass is 16.7. The van der Waals surface area contributed by atoms with E-state index in [0.717, 1.165) is 52.5 Å². The molecular formula is C23H46N2O8. The fourth-order valence-corrected chi connectivity index (χ4v) is 3.58. The molecule has 1 unspecified atom stereocenters. The van der Waals surface area contributed by atoms with E-state index in [0.29, 0.717) is 72.0 Å². The first-order chi connectivity index (χ1) is 16.4. The molecule has 0 bridgehead atoms. The zero-order valence-corrected chi connectivity index (χ0v) is 20.5. The number of piperidine rings is 1. The summed E-state index contributed by atoms with van der Waals surface area (Å²) in [5, 5.41) is 3.37. The SMILES string of the molecule is COCCOCCOCC(OCCOCCOCC1CCNCC1)OCCN1CCOCC1. The van der Waals surface area contributed by atoms with Gasteiger partial charge >= 0.3 is 0 Å². The first-order valence-corrected chi connectivity index (χ1v) is 12.4. The summed E-state index contributed by atoms with van der Waals surface area (Å²) in [6, 6.07) is 0. The Balaban J connectivity index is 1.49. The summed E-state index contributed by atoms with van der Waals surface area (Å²) in [5.74, 6) is 0.676. The molecule has 0 saturated carbocycles. The van der Waals surface area contributed by atoms with Crippen molar-refractivity contribution in [2.75, 3.05) is 126 Å². The van der Waals surface area contributed by atoms with Crippen LogP contribution in [0.1, 0.15) is 12.8 Å². The average Bonchev–Trinajstić information content (AvgIpc) is 2.86. The lowest BCUT2D eigenvalue weighted by Gasteiger charge is -2.27. The topological polar surface area (TPSA) is 89.1 Å². The molecule has 0 radical (unpaired) electrons. The summed E-state index contributed by atoms with van der Waals surface area (Å²) < 4.78 is 44.6. The van der Waals surface area contributed by atoms with Gasteiger partial charge in [0, 0.05) is 33.4 Å². The minimum absolute atomic E-state index is 0.357. The lowest BCUT2D eigenvalue weighted by molar-refractivity contribution is -0.183. The Morgan fingerprint density at radius 3 is 2.18 bits per heavy atom. The van der Waals surface area contributed by atoms with Crippen molar-refractivity contribution in [3.8, 4) is 0 Å². The van der Waals surface area contributed by atoms with Crippen molar-refractivity contribution in [2.45, 2.75) is 19.1 Å². The van der Waals surface area contributed by atoms with Crippen LogP contribution in [0.15, 0.2) is 0 Å². The van der Waals surface area contributed by atoms with Crippen LogP contribution in [0.5, 0.6) is 0 Å². The molecule has 2 aliphatic heterocycles. The fourth-order valence-electron chi connectivity index (χ4n) is 3.58. The number of methoxy groups -OCH3 is 1. The van der Waals surface area contributed by atoms with E-state index in [2.05, 4.69) is 10.2 Å². The molecule has 0 spiro atoms. The van der Waals surface area contributed by atoms with Gasteiger partial charge in [-0.1, -0.05) is 0 Å². The van der Waals surface area contributed by atoms with Crippen LogP contribution in [0.4, 0.5) is 0 Å². The van der Waals surface area contributed by atoms with Crippen LogP contribution in [0.3, 0.4) is 0 Å². The summed E-state index contributed by atoms with van der Waals surface area (Å²) in [6.07, 6.45) is 1.97. The molecule has 2 heterocycles. The zero-order chi connectivity index (χ0) is 23.2. The van der Waals surface area contributed by atoms with E-state index in [9.17, 15) is 0 Å². The fraction of sp³-hybridized carbons (Fsp3) is 1.00. The molecule has 1 atom stereocenters. The van der Waals surface area contributed by atoms with Gasteiger partial charge in [-0.2, -0.15) is 0 Å². The van der Waals surface area contributed by atoms with Gasteiger partial charge in [0.25, 0.3) is 0 Å². The maximum absolute atomic E-state index is 5.93. The molecule has 10 heteroatoms. The Morgan fingerprint density at radius 2 is 1.42 bits per heavy atom. The van der Waals surface area contributed by atoms with E-state index in [4.69, 9.17) is 37.9 Å². The first kappa shape index (κ1) is 28.8. The predicted octanol–water partition coefficient (Wildman–Crippen LogP) is 0.390. The highest BCUT2D eigenvalue weighted by Crippen LogP contribution is 2.11. The van der Waals surface area contributed by atoms with Crippen molar-refractivity contribution in [1.29, 1.82) is 0 Å². The van der Waals surface area contributed by atoms with Gasteiger partial charge in [-0.05, 0) is 31.8 Å². The van der Waals surface area contributed by atoms with E-state index < -0.39 is 6.29 Å². The maximum atomic E-state index is 5.93. The van der Waals surface area contributed by atoms with Crippen LogP contribution in [-0.4, -0.2) is 137 Å². The number of hydrogen-bond donors (Lipinski definition) is 1. The van der Waals surface area contributed by atoms with E-state index in [1.807, 2.05) is 0 Å². The molecule has 2 saturated heterocycles. The van der Waals surface area contributed by atoms with Crippen molar-refractivity contribution in [3.63, 3.8) is 0 Å². The summed E-state index contributed by atoms with van der Waals surface area (Å²) in [5.41, 5.74) is 0. The smallest absolute Gasteiger partial charge is 0.180 e. The second-order valence-corrected chi connectivity index (χ2v) is 8.19. The van der Waals surface area contributed by atoms with E-state index >= 15 is 0 Å². The van der Waals surface area contributed by atoms with Crippen LogP contribution in [0.2, 0.25) is 0 Å². The largest absolute Gasteiger partial charge is 0.382 e. The Hall–Kier alpha value is -0.400. The number of ether oxygens (including phenoxy) is 8. The summed E-state index contributed by atoms with van der Waals surface area (Å²) >= 11 is 0. The lowest BCUT2D eigenvalue weighted by Crippen LogP contribution is -2.39. The summed E-state index contributed by atoms with van der Waals surface area (Å²) in [4.78, 5) is 2.33. The predicted molar refractivity (Wildman–Crippen MR) is 124 cm³/mol. The number of nitrogens with one attached hydrogen (secondary N) is 1. The number of hydrogen-bond acceptors (Lipinski definition) is 10. The van der Waals surface area contributed by atoms with Gasteiger partial charge in [-0.25, -0.2) is 0 Å². The molecule has 33 heavy (non-hydrogen) atoms. The van der Waals surface area contributed by atoms with Gasteiger partial charge < -0.3 is 43.2 Å². The molecule has 0 aromatic carbocycles. The Morgan fingerprint density at radius 1 is 0.788 bits per heavy atom. The number of rotatable bonds is 21. The van der Waals surface area contributed by atoms with E-state index in [1.54, 1.807) is 7.11 Å². The molecule has 0 aliphatic carbocycles. The maximum Gasteiger partial charge on any atom is 0.180 e.